The smallest absolute Gasteiger partial charge is 0.345 e. The highest BCUT2D eigenvalue weighted by Gasteiger charge is 2.23. The summed E-state index contributed by atoms with van der Waals surface area (Å²) in [6.07, 6.45) is 2.09. The van der Waals surface area contributed by atoms with Gasteiger partial charge in [0.25, 0.3) is 5.91 Å². The van der Waals surface area contributed by atoms with Gasteiger partial charge < -0.3 is 9.64 Å². The fourth-order valence-electron chi connectivity index (χ4n) is 2.90. The van der Waals surface area contributed by atoms with E-state index in [9.17, 15) is 4.79 Å². The fourth-order valence-corrected chi connectivity index (χ4v) is 2.90. The van der Waals surface area contributed by atoms with Crippen LogP contribution in [0.15, 0.2) is 54.6 Å². The van der Waals surface area contributed by atoms with Crippen LogP contribution in [-0.2, 0) is 0 Å². The van der Waals surface area contributed by atoms with E-state index in [0.29, 0.717) is 11.3 Å². The molecule has 0 unspecified atom stereocenters. The molecule has 7 nitrogen and oxygen atoms in total. The lowest BCUT2D eigenvalue weighted by Gasteiger charge is -2.17. The molecule has 7 heteroatoms. The van der Waals surface area contributed by atoms with Crippen LogP contribution in [0.3, 0.4) is 0 Å². The second kappa shape index (κ2) is 6.72. The van der Waals surface area contributed by atoms with E-state index in [4.69, 9.17) is 4.74 Å². The predicted molar refractivity (Wildman–Crippen MR) is 90.8 cm³/mol. The van der Waals surface area contributed by atoms with Crippen LogP contribution in [0.25, 0.3) is 5.69 Å². The molecule has 1 fully saturated rings. The summed E-state index contributed by atoms with van der Waals surface area (Å²) < 4.78 is 7.39. The minimum Gasteiger partial charge on any atom is -0.422 e. The Kier molecular flexibility index (Phi) is 4.12. The first-order valence-electron chi connectivity index (χ1n) is 8.23. The second-order valence-electron chi connectivity index (χ2n) is 5.81. The summed E-state index contributed by atoms with van der Waals surface area (Å²) in [4.78, 5) is 14.6. The van der Waals surface area contributed by atoms with Gasteiger partial charge in [-0.1, -0.05) is 35.4 Å². The number of para-hydroxylation sites is 2. The molecule has 0 atom stereocenters. The minimum atomic E-state index is -0.0214. The van der Waals surface area contributed by atoms with Crippen molar-refractivity contribution in [3.63, 3.8) is 0 Å². The van der Waals surface area contributed by atoms with Crippen molar-refractivity contribution < 1.29 is 9.53 Å². The number of benzene rings is 2. The largest absolute Gasteiger partial charge is 0.422 e. The number of amides is 1. The minimum absolute atomic E-state index is 0.0214. The van der Waals surface area contributed by atoms with E-state index in [-0.39, 0.29) is 11.9 Å². The maximum atomic E-state index is 12.7. The summed E-state index contributed by atoms with van der Waals surface area (Å²) in [5.74, 6) is 0.429. The molecular weight excluding hydrogens is 318 g/mol. The van der Waals surface area contributed by atoms with Crippen molar-refractivity contribution in [3.8, 4) is 17.4 Å². The number of carbonyl (C=O) groups excluding carboxylic acids is 1. The molecule has 1 amide bonds. The molecular formula is C18H17N5O2. The van der Waals surface area contributed by atoms with E-state index in [1.165, 1.54) is 4.68 Å². The Morgan fingerprint density at radius 1 is 0.960 bits per heavy atom. The molecule has 1 saturated heterocycles. The third kappa shape index (κ3) is 3.08. The summed E-state index contributed by atoms with van der Waals surface area (Å²) in [7, 11) is 0. The van der Waals surface area contributed by atoms with Gasteiger partial charge >= 0.3 is 6.01 Å². The Morgan fingerprint density at radius 2 is 1.68 bits per heavy atom. The van der Waals surface area contributed by atoms with Crippen LogP contribution < -0.4 is 4.74 Å². The zero-order valence-corrected chi connectivity index (χ0v) is 13.6. The Balaban J connectivity index is 1.64. The number of ether oxygens (including phenoxy) is 1. The molecule has 1 aromatic heterocycles. The van der Waals surface area contributed by atoms with Crippen LogP contribution in [0.5, 0.6) is 11.8 Å². The summed E-state index contributed by atoms with van der Waals surface area (Å²) in [6.45, 7) is 1.57. The van der Waals surface area contributed by atoms with Crippen LogP contribution in [0, 0.1) is 0 Å². The second-order valence-corrected chi connectivity index (χ2v) is 5.81. The van der Waals surface area contributed by atoms with Crippen LogP contribution in [0.1, 0.15) is 23.2 Å². The van der Waals surface area contributed by atoms with Crippen molar-refractivity contribution in [3.05, 3.63) is 60.2 Å². The zero-order valence-electron chi connectivity index (χ0n) is 13.6. The Hall–Kier alpha value is -3.22. The summed E-state index contributed by atoms with van der Waals surface area (Å²) in [5, 5.41) is 11.6. The molecule has 4 rings (SSSR count). The normalized spacial score (nSPS) is 13.8. The van der Waals surface area contributed by atoms with Crippen molar-refractivity contribution in [2.24, 2.45) is 0 Å². The SMILES string of the molecule is O=C(c1ccccc1Oc1nnnn1-c1ccccc1)N1CCCC1. The van der Waals surface area contributed by atoms with Gasteiger partial charge in [-0.15, -0.1) is 0 Å². The lowest BCUT2D eigenvalue weighted by atomic mass is 10.2. The van der Waals surface area contributed by atoms with Crippen molar-refractivity contribution in [2.45, 2.75) is 12.8 Å². The van der Waals surface area contributed by atoms with Crippen LogP contribution in [-0.4, -0.2) is 44.1 Å². The maximum absolute atomic E-state index is 12.7. The number of hydrogen-bond acceptors (Lipinski definition) is 5. The summed E-state index contributed by atoms with van der Waals surface area (Å²) in [5.41, 5.74) is 1.30. The third-order valence-electron chi connectivity index (χ3n) is 4.15. The molecule has 0 spiro atoms. The molecule has 0 bridgehead atoms. The van der Waals surface area contributed by atoms with Gasteiger partial charge in [-0.3, -0.25) is 4.79 Å². The Bertz CT molecular complexity index is 872. The van der Waals surface area contributed by atoms with E-state index in [2.05, 4.69) is 15.5 Å². The summed E-state index contributed by atoms with van der Waals surface area (Å²) >= 11 is 0. The molecule has 2 heterocycles. The average molecular weight is 335 g/mol. The van der Waals surface area contributed by atoms with Crippen molar-refractivity contribution in [1.82, 2.24) is 25.1 Å². The van der Waals surface area contributed by atoms with Crippen molar-refractivity contribution in [1.29, 1.82) is 0 Å². The van der Waals surface area contributed by atoms with Crippen molar-refractivity contribution >= 4 is 5.91 Å². The highest BCUT2D eigenvalue weighted by Crippen LogP contribution is 2.27. The van der Waals surface area contributed by atoms with E-state index in [1.54, 1.807) is 12.1 Å². The molecule has 0 aliphatic carbocycles. The van der Waals surface area contributed by atoms with Gasteiger partial charge in [0.05, 0.1) is 11.3 Å². The molecule has 1 aliphatic rings. The zero-order chi connectivity index (χ0) is 17.1. The Morgan fingerprint density at radius 3 is 2.48 bits per heavy atom. The highest BCUT2D eigenvalue weighted by atomic mass is 16.5. The number of aromatic nitrogens is 4. The van der Waals surface area contributed by atoms with Gasteiger partial charge in [0.15, 0.2) is 0 Å². The molecule has 1 aliphatic heterocycles. The number of nitrogens with zero attached hydrogens (tertiary/aromatic N) is 5. The Labute approximate surface area is 144 Å². The highest BCUT2D eigenvalue weighted by molar-refractivity contribution is 5.97. The molecule has 0 radical (unpaired) electrons. The van der Waals surface area contributed by atoms with Gasteiger partial charge in [-0.25, -0.2) is 0 Å². The van der Waals surface area contributed by atoms with Gasteiger partial charge in [-0.05, 0) is 47.5 Å². The van der Waals surface area contributed by atoms with E-state index >= 15 is 0 Å². The molecule has 3 aromatic rings. The molecule has 2 aromatic carbocycles. The lowest BCUT2D eigenvalue weighted by molar-refractivity contribution is 0.0790. The third-order valence-corrected chi connectivity index (χ3v) is 4.15. The average Bonchev–Trinajstić information content (AvgIpc) is 3.34. The van der Waals surface area contributed by atoms with E-state index in [1.807, 2.05) is 47.4 Å². The number of tetrazole rings is 1. The van der Waals surface area contributed by atoms with Gasteiger partial charge in [0, 0.05) is 13.1 Å². The van der Waals surface area contributed by atoms with Gasteiger partial charge in [0.1, 0.15) is 5.75 Å². The number of rotatable bonds is 4. The lowest BCUT2D eigenvalue weighted by Crippen LogP contribution is -2.27. The topological polar surface area (TPSA) is 73.1 Å². The molecule has 25 heavy (non-hydrogen) atoms. The van der Waals surface area contributed by atoms with Crippen LogP contribution in [0.4, 0.5) is 0 Å². The first-order valence-corrected chi connectivity index (χ1v) is 8.23. The quantitative estimate of drug-likeness (QED) is 0.733. The number of carbonyl (C=O) groups is 1. The molecule has 126 valence electrons. The fraction of sp³-hybridized carbons (Fsp3) is 0.222. The van der Waals surface area contributed by atoms with Gasteiger partial charge in [0.2, 0.25) is 0 Å². The van der Waals surface area contributed by atoms with Crippen molar-refractivity contribution in [2.75, 3.05) is 13.1 Å². The van der Waals surface area contributed by atoms with E-state index in [0.717, 1.165) is 31.6 Å². The number of likely N-dealkylation sites (tertiary alicyclic amines) is 1. The van der Waals surface area contributed by atoms with Gasteiger partial charge in [-0.2, -0.15) is 4.68 Å². The van der Waals surface area contributed by atoms with Crippen LogP contribution in [0.2, 0.25) is 0 Å². The molecule has 0 N–H and O–H groups in total. The van der Waals surface area contributed by atoms with Crippen LogP contribution >= 0.6 is 0 Å². The first-order chi connectivity index (χ1) is 12.3. The first kappa shape index (κ1) is 15.3. The standard InChI is InChI=1S/C18H17N5O2/c24-17(22-12-6-7-13-22)15-10-4-5-11-16(15)25-18-19-20-21-23(18)14-8-2-1-3-9-14/h1-5,8-11H,6-7,12-13H2. The predicted octanol–water partition coefficient (Wildman–Crippen LogP) is 2.69. The summed E-state index contributed by atoms with van der Waals surface area (Å²) in [6, 6.07) is 16.9. The number of hydrogen-bond donors (Lipinski definition) is 0. The van der Waals surface area contributed by atoms with E-state index < -0.39 is 0 Å². The molecule has 0 saturated carbocycles. The maximum Gasteiger partial charge on any atom is 0.345 e. The monoisotopic (exact) mass is 335 g/mol.